The van der Waals surface area contributed by atoms with Crippen LogP contribution in [0.4, 0.5) is 0 Å². The first-order valence-corrected chi connectivity index (χ1v) is 9.92. The van der Waals surface area contributed by atoms with Crippen molar-refractivity contribution in [2.75, 3.05) is 25.9 Å². The molecular weight excluding hydrogens is 314 g/mol. The van der Waals surface area contributed by atoms with E-state index in [-0.39, 0.29) is 17.0 Å². The number of para-hydroxylation sites is 2. The quantitative estimate of drug-likeness (QED) is 0.915. The summed E-state index contributed by atoms with van der Waals surface area (Å²) in [5, 5.41) is -0.352. The lowest BCUT2D eigenvalue weighted by molar-refractivity contribution is 0.188. The fraction of sp³-hybridized carbons (Fsp3) is 0.562. The minimum atomic E-state index is -3.00. The number of piperidine rings is 1. The van der Waals surface area contributed by atoms with E-state index < -0.39 is 9.84 Å². The molecule has 7 heteroatoms. The number of benzene rings is 1. The number of nitrogens with zero attached hydrogens (tertiary/aromatic N) is 2. The molecule has 1 aliphatic heterocycles. The number of nitrogens with one attached hydrogen (secondary N) is 1. The van der Waals surface area contributed by atoms with E-state index in [9.17, 15) is 13.2 Å². The van der Waals surface area contributed by atoms with Gasteiger partial charge in [-0.3, -0.25) is 4.57 Å². The molecule has 1 fully saturated rings. The van der Waals surface area contributed by atoms with E-state index >= 15 is 0 Å². The summed E-state index contributed by atoms with van der Waals surface area (Å²) in [6, 6.07) is 7.90. The average molecular weight is 337 g/mol. The van der Waals surface area contributed by atoms with Gasteiger partial charge in [0.15, 0.2) is 9.84 Å². The van der Waals surface area contributed by atoms with Gasteiger partial charge in [0.25, 0.3) is 0 Å². The Bertz CT molecular complexity index is 845. The van der Waals surface area contributed by atoms with Crippen LogP contribution in [0.15, 0.2) is 29.1 Å². The number of hydrogen-bond acceptors (Lipinski definition) is 4. The Balaban J connectivity index is 1.72. The number of H-pyrrole nitrogens is 1. The molecule has 2 heterocycles. The van der Waals surface area contributed by atoms with Crippen LogP contribution in [0, 0.1) is 0 Å². The van der Waals surface area contributed by atoms with Gasteiger partial charge >= 0.3 is 5.69 Å². The second kappa shape index (κ2) is 6.13. The zero-order chi connectivity index (χ0) is 16.6. The first-order valence-electron chi connectivity index (χ1n) is 7.96. The number of rotatable bonds is 4. The number of aromatic amines is 1. The van der Waals surface area contributed by atoms with Gasteiger partial charge in [0.05, 0.1) is 16.3 Å². The van der Waals surface area contributed by atoms with Gasteiger partial charge in [0, 0.05) is 31.9 Å². The molecule has 3 rings (SSSR count). The van der Waals surface area contributed by atoms with Gasteiger partial charge in [-0.05, 0) is 31.9 Å². The fourth-order valence-corrected chi connectivity index (χ4v) is 3.78. The fourth-order valence-electron chi connectivity index (χ4n) is 3.30. The van der Waals surface area contributed by atoms with Gasteiger partial charge in [-0.1, -0.05) is 12.1 Å². The highest BCUT2D eigenvalue weighted by molar-refractivity contribution is 7.91. The number of fused-ring (bicyclic) bond motifs is 1. The summed E-state index contributed by atoms with van der Waals surface area (Å²) in [6.45, 7) is 3.95. The van der Waals surface area contributed by atoms with Crippen LogP contribution in [0.5, 0.6) is 0 Å². The third-order valence-electron chi connectivity index (χ3n) is 4.79. The van der Waals surface area contributed by atoms with Crippen molar-refractivity contribution in [2.45, 2.75) is 31.1 Å². The highest BCUT2D eigenvalue weighted by Crippen LogP contribution is 2.25. The predicted octanol–water partition coefficient (Wildman–Crippen LogP) is 1.40. The van der Waals surface area contributed by atoms with E-state index in [0.29, 0.717) is 6.54 Å². The minimum Gasteiger partial charge on any atom is -0.306 e. The average Bonchev–Trinajstić information content (AvgIpc) is 2.83. The minimum absolute atomic E-state index is 0.0610. The van der Waals surface area contributed by atoms with E-state index in [1.807, 2.05) is 28.8 Å². The van der Waals surface area contributed by atoms with Gasteiger partial charge in [-0.2, -0.15) is 0 Å². The van der Waals surface area contributed by atoms with Crippen molar-refractivity contribution in [2.24, 2.45) is 0 Å². The Hall–Kier alpha value is -1.60. The van der Waals surface area contributed by atoms with Crippen LogP contribution in [0.3, 0.4) is 0 Å². The van der Waals surface area contributed by atoms with E-state index in [1.54, 1.807) is 6.92 Å². The molecule has 1 saturated heterocycles. The summed E-state index contributed by atoms with van der Waals surface area (Å²) in [4.78, 5) is 17.3. The Morgan fingerprint density at radius 2 is 1.91 bits per heavy atom. The number of sulfone groups is 1. The summed E-state index contributed by atoms with van der Waals surface area (Å²) >= 11 is 0. The number of imidazole rings is 1. The third kappa shape index (κ3) is 3.35. The van der Waals surface area contributed by atoms with E-state index in [0.717, 1.165) is 37.0 Å². The zero-order valence-electron chi connectivity index (χ0n) is 13.5. The third-order valence-corrected chi connectivity index (χ3v) is 6.40. The van der Waals surface area contributed by atoms with Crippen LogP contribution in [0.25, 0.3) is 11.0 Å². The first-order chi connectivity index (χ1) is 10.9. The van der Waals surface area contributed by atoms with E-state index in [1.165, 1.54) is 6.26 Å². The summed E-state index contributed by atoms with van der Waals surface area (Å²) in [5.41, 5.74) is 1.75. The maximum absolute atomic E-state index is 12.2. The molecule has 0 saturated carbocycles. The molecular formula is C16H23N3O3S. The van der Waals surface area contributed by atoms with Gasteiger partial charge in [-0.15, -0.1) is 0 Å². The zero-order valence-corrected chi connectivity index (χ0v) is 14.3. The van der Waals surface area contributed by atoms with Crippen LogP contribution in [0.1, 0.15) is 25.8 Å². The molecule has 0 radical (unpaired) electrons. The molecule has 0 amide bonds. The van der Waals surface area contributed by atoms with Crippen LogP contribution in [0.2, 0.25) is 0 Å². The molecule has 1 unspecified atom stereocenters. The molecule has 1 aromatic carbocycles. The lowest BCUT2D eigenvalue weighted by Gasteiger charge is -2.33. The van der Waals surface area contributed by atoms with Crippen LogP contribution in [-0.2, 0) is 9.84 Å². The molecule has 126 valence electrons. The van der Waals surface area contributed by atoms with Crippen LogP contribution in [-0.4, -0.2) is 54.0 Å². The summed E-state index contributed by atoms with van der Waals surface area (Å²) in [7, 11) is -3.00. The van der Waals surface area contributed by atoms with Crippen molar-refractivity contribution < 1.29 is 8.42 Å². The number of likely N-dealkylation sites (tertiary alicyclic amines) is 1. The highest BCUT2D eigenvalue weighted by Gasteiger charge is 2.26. The van der Waals surface area contributed by atoms with E-state index in [4.69, 9.17) is 0 Å². The molecule has 1 atom stereocenters. The van der Waals surface area contributed by atoms with Crippen molar-refractivity contribution >= 4 is 20.9 Å². The summed E-state index contributed by atoms with van der Waals surface area (Å²) in [5.74, 6) is 0. The van der Waals surface area contributed by atoms with Crippen molar-refractivity contribution in [3.8, 4) is 0 Å². The van der Waals surface area contributed by atoms with Crippen LogP contribution >= 0.6 is 0 Å². The lowest BCUT2D eigenvalue weighted by atomic mass is 10.0. The molecule has 6 nitrogen and oxygen atoms in total. The second-order valence-corrected chi connectivity index (χ2v) is 8.95. The van der Waals surface area contributed by atoms with Gasteiger partial charge in [0.2, 0.25) is 0 Å². The molecule has 1 aliphatic rings. The normalized spacial score (nSPS) is 19.2. The molecule has 2 aromatic rings. The van der Waals surface area contributed by atoms with Crippen molar-refractivity contribution in [1.29, 1.82) is 0 Å². The second-order valence-electron chi connectivity index (χ2n) is 6.49. The Morgan fingerprint density at radius 1 is 1.26 bits per heavy atom. The molecule has 0 bridgehead atoms. The Morgan fingerprint density at radius 3 is 2.57 bits per heavy atom. The Labute approximate surface area is 136 Å². The topological polar surface area (TPSA) is 75.2 Å². The highest BCUT2D eigenvalue weighted by atomic mass is 32.2. The standard InChI is InChI=1S/C16H23N3O3S/c1-12(23(2,21)22)11-18-9-7-13(8-10-18)19-15-6-4-3-5-14(15)17-16(19)20/h3-6,12-13H,7-11H2,1-2H3,(H,17,20). The van der Waals surface area contributed by atoms with Crippen LogP contribution < -0.4 is 5.69 Å². The van der Waals surface area contributed by atoms with Gasteiger partial charge < -0.3 is 9.88 Å². The van der Waals surface area contributed by atoms with Crippen molar-refractivity contribution in [1.82, 2.24) is 14.5 Å². The SMILES string of the molecule is CC(CN1CCC(n2c(=O)[nH]c3ccccc32)CC1)S(C)(=O)=O. The number of hydrogen-bond donors (Lipinski definition) is 1. The van der Waals surface area contributed by atoms with Crippen molar-refractivity contribution in [3.05, 3.63) is 34.7 Å². The smallest absolute Gasteiger partial charge is 0.306 e. The Kier molecular flexibility index (Phi) is 4.33. The van der Waals surface area contributed by atoms with E-state index in [2.05, 4.69) is 9.88 Å². The largest absolute Gasteiger partial charge is 0.326 e. The summed E-state index contributed by atoms with van der Waals surface area (Å²) in [6.07, 6.45) is 3.01. The lowest BCUT2D eigenvalue weighted by Crippen LogP contribution is -2.41. The first kappa shape index (κ1) is 16.3. The summed E-state index contributed by atoms with van der Waals surface area (Å²) < 4.78 is 25.0. The number of aromatic nitrogens is 2. The van der Waals surface area contributed by atoms with Crippen molar-refractivity contribution in [3.63, 3.8) is 0 Å². The van der Waals surface area contributed by atoms with Gasteiger partial charge in [-0.25, -0.2) is 13.2 Å². The molecule has 0 aliphatic carbocycles. The monoisotopic (exact) mass is 337 g/mol. The van der Waals surface area contributed by atoms with Gasteiger partial charge in [0.1, 0.15) is 0 Å². The molecule has 1 N–H and O–H groups in total. The predicted molar refractivity (Wildman–Crippen MR) is 91.6 cm³/mol. The molecule has 0 spiro atoms. The molecule has 23 heavy (non-hydrogen) atoms. The maximum Gasteiger partial charge on any atom is 0.326 e. The maximum atomic E-state index is 12.2. The molecule has 1 aromatic heterocycles.